The molecule has 140 valence electrons. The van der Waals surface area contributed by atoms with Crippen molar-refractivity contribution in [3.05, 3.63) is 92.9 Å². The van der Waals surface area contributed by atoms with E-state index in [9.17, 15) is 5.11 Å². The number of aromatic hydroxyl groups is 1. The first kappa shape index (κ1) is 17.6. The van der Waals surface area contributed by atoms with Crippen LogP contribution < -0.4 is 4.74 Å². The molecule has 1 N–H and O–H groups in total. The van der Waals surface area contributed by atoms with Crippen LogP contribution in [0.5, 0.6) is 11.5 Å². The lowest BCUT2D eigenvalue weighted by Gasteiger charge is -2.38. The maximum atomic E-state index is 10.5. The highest BCUT2D eigenvalue weighted by Crippen LogP contribution is 2.49. The van der Waals surface area contributed by atoms with Gasteiger partial charge in [0.15, 0.2) is 0 Å². The Bertz CT molecular complexity index is 1090. The molecule has 0 aliphatic carbocycles. The number of halogens is 2. The van der Waals surface area contributed by atoms with Crippen LogP contribution in [0.1, 0.15) is 35.4 Å². The van der Waals surface area contributed by atoms with E-state index in [1.54, 1.807) is 12.1 Å². The third-order valence-electron chi connectivity index (χ3n) is 5.11. The van der Waals surface area contributed by atoms with Gasteiger partial charge in [0.1, 0.15) is 11.5 Å². The molecule has 5 rings (SSSR count). The van der Waals surface area contributed by atoms with Gasteiger partial charge in [-0.15, -0.1) is 0 Å². The molecule has 0 spiro atoms. The third kappa shape index (κ3) is 2.95. The van der Waals surface area contributed by atoms with Gasteiger partial charge in [0.2, 0.25) is 6.23 Å². The number of rotatable bonds is 2. The van der Waals surface area contributed by atoms with Crippen molar-refractivity contribution >= 4 is 33.2 Å². The summed E-state index contributed by atoms with van der Waals surface area (Å²) >= 11 is 9.75. The first-order valence-corrected chi connectivity index (χ1v) is 10.1. The summed E-state index contributed by atoms with van der Waals surface area (Å²) in [5.74, 6) is 0.937. The summed E-state index contributed by atoms with van der Waals surface area (Å²) in [4.78, 5) is 0. The Hall–Kier alpha value is -2.50. The molecule has 0 fully saturated rings. The molecule has 4 nitrogen and oxygen atoms in total. The summed E-state index contributed by atoms with van der Waals surface area (Å²) < 4.78 is 7.16. The van der Waals surface area contributed by atoms with Crippen molar-refractivity contribution in [2.75, 3.05) is 0 Å². The molecule has 0 amide bonds. The highest BCUT2D eigenvalue weighted by molar-refractivity contribution is 9.10. The van der Waals surface area contributed by atoms with Crippen molar-refractivity contribution in [3.8, 4) is 11.5 Å². The van der Waals surface area contributed by atoms with Gasteiger partial charge >= 0.3 is 0 Å². The Morgan fingerprint density at radius 1 is 1.04 bits per heavy atom. The van der Waals surface area contributed by atoms with Crippen molar-refractivity contribution in [2.24, 2.45) is 5.10 Å². The fraction of sp³-hybridized carbons (Fsp3) is 0.136. The summed E-state index contributed by atoms with van der Waals surface area (Å²) in [7, 11) is 0. The van der Waals surface area contributed by atoms with Crippen LogP contribution in [0.4, 0.5) is 0 Å². The number of nitrogens with zero attached hydrogens (tertiary/aromatic N) is 2. The Morgan fingerprint density at radius 3 is 2.68 bits per heavy atom. The van der Waals surface area contributed by atoms with Crippen LogP contribution >= 0.6 is 27.5 Å². The smallest absolute Gasteiger partial charge is 0.217 e. The number of ether oxygens (including phenoxy) is 1. The summed E-state index contributed by atoms with van der Waals surface area (Å²) in [5, 5.41) is 18.0. The topological polar surface area (TPSA) is 45.1 Å². The number of hydrogen-bond donors (Lipinski definition) is 1. The average Bonchev–Trinajstić information content (AvgIpc) is 3.16. The average molecular weight is 456 g/mol. The number of hydrazone groups is 1. The van der Waals surface area contributed by atoms with E-state index in [0.717, 1.165) is 33.5 Å². The third-order valence-corrected chi connectivity index (χ3v) is 5.84. The highest BCUT2D eigenvalue weighted by atomic mass is 79.9. The Morgan fingerprint density at radius 2 is 1.86 bits per heavy atom. The van der Waals surface area contributed by atoms with E-state index in [-0.39, 0.29) is 11.8 Å². The molecular weight excluding hydrogens is 440 g/mol. The molecule has 0 bridgehead atoms. The van der Waals surface area contributed by atoms with Gasteiger partial charge in [0.05, 0.1) is 17.3 Å². The largest absolute Gasteiger partial charge is 0.507 e. The van der Waals surface area contributed by atoms with Gasteiger partial charge in [-0.25, -0.2) is 5.01 Å². The molecule has 2 atom stereocenters. The molecule has 2 aliphatic rings. The second-order valence-corrected chi connectivity index (χ2v) is 8.22. The summed E-state index contributed by atoms with van der Waals surface area (Å²) in [5.41, 5.74) is 3.74. The fourth-order valence-electron chi connectivity index (χ4n) is 3.79. The second kappa shape index (κ2) is 6.83. The molecule has 3 aromatic carbocycles. The molecule has 2 aliphatic heterocycles. The molecule has 0 saturated heterocycles. The minimum atomic E-state index is -0.530. The SMILES string of the molecule is Oc1ccc(Br)cc1[C@@H]1Oc2ccc(Cl)cc2[C@H]2CC(c3ccccc3)=NN21. The molecular formula is C22H16BrClN2O2. The number of benzene rings is 3. The van der Waals surface area contributed by atoms with Crippen LogP contribution in [0.2, 0.25) is 5.02 Å². The number of phenolic OH excluding ortho intramolecular Hbond substituents is 1. The van der Waals surface area contributed by atoms with Crippen LogP contribution in [0, 0.1) is 0 Å². The molecule has 6 heteroatoms. The minimum absolute atomic E-state index is 0.0129. The zero-order valence-corrected chi connectivity index (χ0v) is 17.1. The minimum Gasteiger partial charge on any atom is -0.507 e. The Labute approximate surface area is 176 Å². The van der Waals surface area contributed by atoms with Crippen molar-refractivity contribution in [1.82, 2.24) is 5.01 Å². The van der Waals surface area contributed by atoms with Crippen LogP contribution in [0.3, 0.4) is 0 Å². The number of phenols is 1. The summed E-state index contributed by atoms with van der Waals surface area (Å²) in [6, 6.07) is 21.1. The van der Waals surface area contributed by atoms with Gasteiger partial charge in [0, 0.05) is 21.5 Å². The van der Waals surface area contributed by atoms with E-state index in [1.807, 2.05) is 47.5 Å². The van der Waals surface area contributed by atoms with Gasteiger partial charge < -0.3 is 9.84 Å². The van der Waals surface area contributed by atoms with Gasteiger partial charge in [-0.2, -0.15) is 5.10 Å². The summed E-state index contributed by atoms with van der Waals surface area (Å²) in [6.07, 6.45) is 0.212. The van der Waals surface area contributed by atoms with Gasteiger partial charge in [0.25, 0.3) is 0 Å². The summed E-state index contributed by atoms with van der Waals surface area (Å²) in [6.45, 7) is 0. The van der Waals surface area contributed by atoms with E-state index in [1.165, 1.54) is 0 Å². The van der Waals surface area contributed by atoms with E-state index < -0.39 is 6.23 Å². The molecule has 0 radical (unpaired) electrons. The lowest BCUT2D eigenvalue weighted by Crippen LogP contribution is -2.33. The fourth-order valence-corrected chi connectivity index (χ4v) is 4.35. The molecule has 0 unspecified atom stereocenters. The Balaban J connectivity index is 1.64. The number of hydrogen-bond acceptors (Lipinski definition) is 4. The van der Waals surface area contributed by atoms with Crippen LogP contribution in [0.25, 0.3) is 0 Å². The maximum Gasteiger partial charge on any atom is 0.217 e. The van der Waals surface area contributed by atoms with Gasteiger partial charge in [-0.05, 0) is 42.0 Å². The zero-order valence-electron chi connectivity index (χ0n) is 14.7. The normalized spacial score (nSPS) is 20.2. The van der Waals surface area contributed by atoms with E-state index >= 15 is 0 Å². The highest BCUT2D eigenvalue weighted by Gasteiger charge is 2.42. The van der Waals surface area contributed by atoms with Crippen molar-refractivity contribution < 1.29 is 9.84 Å². The van der Waals surface area contributed by atoms with E-state index in [2.05, 4.69) is 28.1 Å². The predicted molar refractivity (Wildman–Crippen MR) is 113 cm³/mol. The lowest BCUT2D eigenvalue weighted by atomic mass is 9.96. The molecule has 28 heavy (non-hydrogen) atoms. The Kier molecular flexibility index (Phi) is 4.29. The zero-order chi connectivity index (χ0) is 19.3. The quantitative estimate of drug-likeness (QED) is 0.511. The van der Waals surface area contributed by atoms with Gasteiger partial charge in [-0.3, -0.25) is 0 Å². The molecule has 2 heterocycles. The second-order valence-electron chi connectivity index (χ2n) is 6.87. The maximum absolute atomic E-state index is 10.5. The van der Waals surface area contributed by atoms with Crippen molar-refractivity contribution in [1.29, 1.82) is 0 Å². The molecule has 3 aromatic rings. The van der Waals surface area contributed by atoms with E-state index in [4.69, 9.17) is 21.4 Å². The van der Waals surface area contributed by atoms with Crippen molar-refractivity contribution in [2.45, 2.75) is 18.7 Å². The lowest BCUT2D eigenvalue weighted by molar-refractivity contribution is -0.0203. The van der Waals surface area contributed by atoms with Crippen LogP contribution in [-0.2, 0) is 0 Å². The first-order chi connectivity index (χ1) is 13.6. The predicted octanol–water partition coefficient (Wildman–Crippen LogP) is 6.05. The van der Waals surface area contributed by atoms with Crippen molar-refractivity contribution in [3.63, 3.8) is 0 Å². The first-order valence-electron chi connectivity index (χ1n) is 8.96. The van der Waals surface area contributed by atoms with Crippen LogP contribution in [0.15, 0.2) is 76.3 Å². The van der Waals surface area contributed by atoms with Gasteiger partial charge in [-0.1, -0.05) is 57.9 Å². The molecule has 0 aromatic heterocycles. The monoisotopic (exact) mass is 454 g/mol. The standard InChI is InChI=1S/C22H16BrClN2O2/c23-14-6-8-20(27)17(10-14)22-26-19(16-11-15(24)7-9-21(16)28-22)12-18(25-26)13-4-2-1-3-5-13/h1-11,19,22,27H,12H2/t19-,22+/m1/s1. The van der Waals surface area contributed by atoms with Crippen LogP contribution in [-0.4, -0.2) is 15.8 Å². The van der Waals surface area contributed by atoms with E-state index in [0.29, 0.717) is 10.6 Å². The molecule has 0 saturated carbocycles. The number of fused-ring (bicyclic) bond motifs is 3.